The summed E-state index contributed by atoms with van der Waals surface area (Å²) in [5.74, 6) is 0. The normalized spacial score (nSPS) is 15.7. The molecule has 0 amide bonds. The van der Waals surface area contributed by atoms with E-state index in [9.17, 15) is 0 Å². The molecule has 0 bridgehead atoms. The van der Waals surface area contributed by atoms with Crippen LogP contribution in [-0.2, 0) is 4.74 Å². The van der Waals surface area contributed by atoms with Crippen molar-refractivity contribution >= 4 is 20.7 Å². The largest absolute Gasteiger partial charge is 0.502 e. The van der Waals surface area contributed by atoms with Gasteiger partial charge in [0.2, 0.25) is 0 Å². The first-order valence-corrected chi connectivity index (χ1v) is 7.52. The summed E-state index contributed by atoms with van der Waals surface area (Å²) >= 11 is 3.90. The predicted molar refractivity (Wildman–Crippen MR) is 52.0 cm³/mol. The van der Waals surface area contributed by atoms with E-state index in [0.717, 1.165) is 0 Å². The van der Waals surface area contributed by atoms with E-state index in [1.807, 2.05) is 0 Å². The predicted octanol–water partition coefficient (Wildman–Crippen LogP) is 2.67. The number of thiol groups is 1. The van der Waals surface area contributed by atoms with Crippen molar-refractivity contribution in [2.75, 3.05) is 0 Å². The lowest BCUT2D eigenvalue weighted by Gasteiger charge is -2.23. The Bertz CT molecular complexity index is 117. The topological polar surface area (TPSA) is 9.23 Å². The second-order valence-corrected chi connectivity index (χ2v) is 9.27. The molecule has 0 spiro atoms. The van der Waals surface area contributed by atoms with Crippen LogP contribution in [0, 0.1) is 0 Å². The Hall–Kier alpha value is 0.107. The lowest BCUT2D eigenvalue weighted by atomic mass is 10.8. The van der Waals surface area contributed by atoms with Crippen molar-refractivity contribution < 1.29 is 4.74 Å². The number of rotatable bonds is 3. The van der Waals surface area contributed by atoms with Crippen LogP contribution in [-0.4, -0.2) is 13.8 Å². The fourth-order valence-corrected chi connectivity index (χ4v) is 0.914. The average molecular weight is 176 g/mol. The molecule has 1 nitrogen and oxygen atoms in total. The van der Waals surface area contributed by atoms with Gasteiger partial charge in [-0.25, -0.2) is 0 Å². The number of ether oxygens (including phenoxy) is 1. The highest BCUT2D eigenvalue weighted by Crippen LogP contribution is 2.10. The summed E-state index contributed by atoms with van der Waals surface area (Å²) in [7, 11) is -1.11. The lowest BCUT2D eigenvalue weighted by Crippen LogP contribution is -2.36. The summed E-state index contributed by atoms with van der Waals surface area (Å²) in [5, 5.41) is 1.62. The van der Waals surface area contributed by atoms with Gasteiger partial charge in [0.25, 0.3) is 0 Å². The van der Waals surface area contributed by atoms with E-state index in [2.05, 4.69) is 39.2 Å². The summed E-state index contributed by atoms with van der Waals surface area (Å²) in [6.45, 7) is 8.96. The maximum absolute atomic E-state index is 5.36. The Labute approximate surface area is 69.9 Å². The molecule has 0 aliphatic heterocycles. The fraction of sp³-hybridized carbons (Fsp3) is 0.714. The second kappa shape index (κ2) is 4.08. The van der Waals surface area contributed by atoms with Crippen LogP contribution in [0.1, 0.15) is 6.92 Å². The summed E-state index contributed by atoms with van der Waals surface area (Å²) in [5.41, 5.74) is 0.371. The lowest BCUT2D eigenvalue weighted by molar-refractivity contribution is 0.223. The van der Waals surface area contributed by atoms with Gasteiger partial charge in [-0.1, -0.05) is 19.6 Å². The molecular weight excluding hydrogens is 160 g/mol. The van der Waals surface area contributed by atoms with Crippen molar-refractivity contribution in [2.45, 2.75) is 32.3 Å². The van der Waals surface area contributed by atoms with E-state index in [-0.39, 0.29) is 0 Å². The Balaban J connectivity index is 3.73. The van der Waals surface area contributed by atoms with E-state index >= 15 is 0 Å². The summed E-state index contributed by atoms with van der Waals surface area (Å²) in [4.78, 5) is 0. The highest BCUT2D eigenvalue weighted by molar-refractivity contribution is 7.83. The molecular formula is C7H16OSSi. The molecule has 10 heavy (non-hydrogen) atoms. The molecule has 0 aromatic carbocycles. The first kappa shape index (κ1) is 10.1. The van der Waals surface area contributed by atoms with Gasteiger partial charge >= 0.3 is 0 Å². The maximum Gasteiger partial charge on any atom is 0.0928 e. The molecule has 0 saturated carbocycles. The third-order valence-electron chi connectivity index (χ3n) is 1.56. The zero-order chi connectivity index (χ0) is 8.20. The molecule has 0 aliphatic carbocycles. The highest BCUT2D eigenvalue weighted by atomic mass is 32.1. The summed E-state index contributed by atoms with van der Waals surface area (Å²) in [6, 6.07) is 0. The van der Waals surface area contributed by atoms with E-state index < -0.39 is 8.07 Å². The van der Waals surface area contributed by atoms with E-state index in [1.54, 1.807) is 11.7 Å². The second-order valence-electron chi connectivity index (χ2n) is 3.43. The summed E-state index contributed by atoms with van der Waals surface area (Å²) in [6.07, 6.45) is 1.64. The minimum atomic E-state index is -1.11. The maximum atomic E-state index is 5.36. The molecule has 0 fully saturated rings. The zero-order valence-corrected chi connectivity index (χ0v) is 8.98. The third-order valence-corrected chi connectivity index (χ3v) is 4.26. The van der Waals surface area contributed by atoms with Crippen LogP contribution in [0.15, 0.2) is 11.7 Å². The van der Waals surface area contributed by atoms with Crippen molar-refractivity contribution in [1.82, 2.24) is 0 Å². The highest BCUT2D eigenvalue weighted by Gasteiger charge is 2.22. The molecule has 0 aromatic rings. The van der Waals surface area contributed by atoms with Crippen LogP contribution >= 0.6 is 12.6 Å². The molecule has 3 heteroatoms. The molecule has 0 saturated heterocycles. The zero-order valence-electron chi connectivity index (χ0n) is 7.09. The molecule has 1 atom stereocenters. The molecule has 0 heterocycles. The molecule has 0 aliphatic rings. The van der Waals surface area contributed by atoms with Crippen molar-refractivity contribution in [3.63, 3.8) is 0 Å². The quantitative estimate of drug-likeness (QED) is 0.395. The third kappa shape index (κ3) is 4.01. The van der Waals surface area contributed by atoms with Gasteiger partial charge in [-0.2, -0.15) is 0 Å². The monoisotopic (exact) mass is 176 g/mol. The van der Waals surface area contributed by atoms with Gasteiger partial charge in [-0.3, -0.25) is 0 Å². The van der Waals surface area contributed by atoms with Crippen molar-refractivity contribution in [1.29, 1.82) is 0 Å². The molecule has 1 unspecified atom stereocenters. The molecule has 0 N–H and O–H groups in total. The van der Waals surface area contributed by atoms with Gasteiger partial charge in [0.05, 0.1) is 20.1 Å². The van der Waals surface area contributed by atoms with E-state index in [0.29, 0.717) is 5.73 Å². The molecule has 0 aromatic heterocycles. The van der Waals surface area contributed by atoms with E-state index in [4.69, 9.17) is 4.74 Å². The van der Waals surface area contributed by atoms with Gasteiger partial charge in [0.15, 0.2) is 0 Å². The van der Waals surface area contributed by atoms with E-state index in [1.165, 1.54) is 0 Å². The minimum absolute atomic E-state index is 0.371. The SMILES string of the molecule is CC(O/C=C/S)[Si](C)(C)C. The van der Waals surface area contributed by atoms with Crippen LogP contribution in [0.5, 0.6) is 0 Å². The Morgan fingerprint density at radius 3 is 2.20 bits per heavy atom. The van der Waals surface area contributed by atoms with Crippen molar-refractivity contribution in [3.05, 3.63) is 11.7 Å². The number of hydrogen-bond donors (Lipinski definition) is 1. The first-order valence-electron chi connectivity index (χ1n) is 3.43. The Morgan fingerprint density at radius 1 is 1.40 bits per heavy atom. The molecule has 60 valence electrons. The Kier molecular flexibility index (Phi) is 4.13. The average Bonchev–Trinajstić information content (AvgIpc) is 1.80. The molecule has 0 rings (SSSR count). The van der Waals surface area contributed by atoms with Crippen LogP contribution in [0.4, 0.5) is 0 Å². The van der Waals surface area contributed by atoms with Crippen LogP contribution in [0.25, 0.3) is 0 Å². The smallest absolute Gasteiger partial charge is 0.0928 e. The minimum Gasteiger partial charge on any atom is -0.502 e. The van der Waals surface area contributed by atoms with Crippen LogP contribution in [0.2, 0.25) is 19.6 Å². The Morgan fingerprint density at radius 2 is 1.90 bits per heavy atom. The van der Waals surface area contributed by atoms with Crippen molar-refractivity contribution in [3.8, 4) is 0 Å². The summed E-state index contributed by atoms with van der Waals surface area (Å²) < 4.78 is 5.36. The van der Waals surface area contributed by atoms with Gasteiger partial charge in [0, 0.05) is 5.41 Å². The van der Waals surface area contributed by atoms with Crippen LogP contribution in [0.3, 0.4) is 0 Å². The molecule has 0 radical (unpaired) electrons. The fourth-order valence-electron chi connectivity index (χ4n) is 0.357. The van der Waals surface area contributed by atoms with Gasteiger partial charge < -0.3 is 4.74 Å². The van der Waals surface area contributed by atoms with Gasteiger partial charge in [-0.15, -0.1) is 12.6 Å². The van der Waals surface area contributed by atoms with Crippen LogP contribution < -0.4 is 0 Å². The standard InChI is InChI=1S/C7H16OSSi/c1-7(8-5-6-9)10(2,3)4/h5-7,9H,1-4H3/b6-5+. The van der Waals surface area contributed by atoms with Crippen molar-refractivity contribution in [2.24, 2.45) is 0 Å². The van der Waals surface area contributed by atoms with Gasteiger partial charge in [-0.05, 0) is 6.92 Å². The van der Waals surface area contributed by atoms with Gasteiger partial charge in [0.1, 0.15) is 0 Å². The number of hydrogen-bond acceptors (Lipinski definition) is 2. The first-order chi connectivity index (χ1) is 4.48.